The lowest BCUT2D eigenvalue weighted by Crippen LogP contribution is -2.34. The van der Waals surface area contributed by atoms with Crippen LogP contribution < -0.4 is 4.74 Å². The Morgan fingerprint density at radius 3 is 2.48 bits per heavy atom. The zero-order valence-electron chi connectivity index (χ0n) is 11.6. The molecular weight excluding hydrogens is 266 g/mol. The first kappa shape index (κ1) is 13.6. The fraction of sp³-hybridized carbons (Fsp3) is 0.235. The quantitative estimate of drug-likeness (QED) is 0.866. The molecule has 2 aromatic carbocycles. The van der Waals surface area contributed by atoms with Crippen LogP contribution in [0.3, 0.4) is 0 Å². The Morgan fingerprint density at radius 1 is 1.10 bits per heavy atom. The third-order valence-corrected chi connectivity index (χ3v) is 3.40. The largest absolute Gasteiger partial charge is 0.484 e. The summed E-state index contributed by atoms with van der Waals surface area (Å²) in [5, 5.41) is 0. The molecule has 4 heteroatoms. The molecule has 1 saturated heterocycles. The summed E-state index contributed by atoms with van der Waals surface area (Å²) in [7, 11) is 0. The van der Waals surface area contributed by atoms with Gasteiger partial charge in [-0.05, 0) is 12.1 Å². The number of carbonyl (C=O) groups excluding carboxylic acids is 1. The second kappa shape index (κ2) is 6.41. The zero-order valence-corrected chi connectivity index (χ0v) is 11.6. The number of nitrogens with zero attached hydrogens (tertiary/aromatic N) is 1. The maximum Gasteiger partial charge on any atom is 0.262 e. The molecule has 4 nitrogen and oxygen atoms in total. The van der Waals surface area contributed by atoms with Gasteiger partial charge in [-0.1, -0.05) is 48.5 Å². The lowest BCUT2D eigenvalue weighted by atomic mass is 10.2. The number of amides is 1. The van der Waals surface area contributed by atoms with E-state index in [2.05, 4.69) is 0 Å². The third kappa shape index (κ3) is 3.23. The Kier molecular flexibility index (Phi) is 4.17. The van der Waals surface area contributed by atoms with Crippen LogP contribution in [0.4, 0.5) is 0 Å². The second-order valence-electron chi connectivity index (χ2n) is 4.82. The average Bonchev–Trinajstić information content (AvgIpc) is 3.04. The Labute approximate surface area is 123 Å². The van der Waals surface area contributed by atoms with E-state index in [0.717, 1.165) is 5.56 Å². The van der Waals surface area contributed by atoms with E-state index in [1.807, 2.05) is 60.7 Å². The predicted molar refractivity (Wildman–Crippen MR) is 78.8 cm³/mol. The van der Waals surface area contributed by atoms with Gasteiger partial charge in [0.25, 0.3) is 5.91 Å². The van der Waals surface area contributed by atoms with Crippen molar-refractivity contribution in [3.05, 3.63) is 66.2 Å². The second-order valence-corrected chi connectivity index (χ2v) is 4.82. The molecule has 1 aliphatic heterocycles. The fourth-order valence-corrected chi connectivity index (χ4v) is 2.36. The van der Waals surface area contributed by atoms with E-state index in [1.54, 1.807) is 4.90 Å². The van der Waals surface area contributed by atoms with Crippen LogP contribution in [-0.2, 0) is 9.53 Å². The molecule has 21 heavy (non-hydrogen) atoms. The molecule has 108 valence electrons. The Bertz CT molecular complexity index is 585. The lowest BCUT2D eigenvalue weighted by Gasteiger charge is -2.23. The van der Waals surface area contributed by atoms with Gasteiger partial charge in [0.1, 0.15) is 5.75 Å². The molecule has 0 radical (unpaired) electrons. The topological polar surface area (TPSA) is 38.8 Å². The SMILES string of the molecule is O=C(COc1ccccc1)N1CCOC1c1ccccc1. The summed E-state index contributed by atoms with van der Waals surface area (Å²) in [6, 6.07) is 19.1. The van der Waals surface area contributed by atoms with Gasteiger partial charge >= 0.3 is 0 Å². The van der Waals surface area contributed by atoms with Gasteiger partial charge in [0.2, 0.25) is 0 Å². The average molecular weight is 283 g/mol. The van der Waals surface area contributed by atoms with Gasteiger partial charge in [0, 0.05) is 12.1 Å². The van der Waals surface area contributed by atoms with Crippen LogP contribution in [0.15, 0.2) is 60.7 Å². The van der Waals surface area contributed by atoms with Crippen molar-refractivity contribution in [1.29, 1.82) is 0 Å². The molecule has 0 N–H and O–H groups in total. The Balaban J connectivity index is 1.64. The monoisotopic (exact) mass is 283 g/mol. The van der Waals surface area contributed by atoms with E-state index >= 15 is 0 Å². The molecule has 3 rings (SSSR count). The summed E-state index contributed by atoms with van der Waals surface area (Å²) in [6.07, 6.45) is -0.307. The first-order valence-corrected chi connectivity index (χ1v) is 6.98. The van der Waals surface area contributed by atoms with E-state index in [0.29, 0.717) is 18.9 Å². The number of hydrogen-bond donors (Lipinski definition) is 0. The summed E-state index contributed by atoms with van der Waals surface area (Å²) in [4.78, 5) is 14.0. The van der Waals surface area contributed by atoms with Crippen molar-refractivity contribution in [2.75, 3.05) is 19.8 Å². The van der Waals surface area contributed by atoms with Crippen molar-refractivity contribution >= 4 is 5.91 Å². The van der Waals surface area contributed by atoms with E-state index in [-0.39, 0.29) is 18.7 Å². The van der Waals surface area contributed by atoms with Gasteiger partial charge in [0.15, 0.2) is 12.8 Å². The molecule has 1 atom stereocenters. The molecule has 1 aliphatic rings. The first-order chi connectivity index (χ1) is 10.3. The van der Waals surface area contributed by atoms with Crippen molar-refractivity contribution in [3.8, 4) is 5.75 Å². The van der Waals surface area contributed by atoms with Crippen LogP contribution in [0.25, 0.3) is 0 Å². The third-order valence-electron chi connectivity index (χ3n) is 3.40. The molecule has 1 fully saturated rings. The standard InChI is InChI=1S/C17H17NO3/c19-16(13-21-15-9-5-2-6-10-15)18-11-12-20-17(18)14-7-3-1-4-8-14/h1-10,17H,11-13H2. The fourth-order valence-electron chi connectivity index (χ4n) is 2.36. The molecule has 1 unspecified atom stereocenters. The van der Waals surface area contributed by atoms with Gasteiger partial charge in [-0.25, -0.2) is 0 Å². The molecule has 1 amide bonds. The van der Waals surface area contributed by atoms with E-state index < -0.39 is 0 Å². The number of ether oxygens (including phenoxy) is 2. The lowest BCUT2D eigenvalue weighted by molar-refractivity contribution is -0.138. The van der Waals surface area contributed by atoms with Crippen molar-refractivity contribution < 1.29 is 14.3 Å². The summed E-state index contributed by atoms with van der Waals surface area (Å²) in [5.41, 5.74) is 0.989. The number of hydrogen-bond acceptors (Lipinski definition) is 3. The summed E-state index contributed by atoms with van der Waals surface area (Å²) in [5.74, 6) is 0.632. The molecule has 1 heterocycles. The number of rotatable bonds is 4. The molecule has 0 aliphatic carbocycles. The highest BCUT2D eigenvalue weighted by atomic mass is 16.5. The van der Waals surface area contributed by atoms with Crippen molar-refractivity contribution in [2.24, 2.45) is 0 Å². The van der Waals surface area contributed by atoms with Gasteiger partial charge in [-0.3, -0.25) is 4.79 Å². The van der Waals surface area contributed by atoms with E-state index in [1.165, 1.54) is 0 Å². The molecule has 0 saturated carbocycles. The van der Waals surface area contributed by atoms with Gasteiger partial charge in [-0.15, -0.1) is 0 Å². The zero-order chi connectivity index (χ0) is 14.5. The highest BCUT2D eigenvalue weighted by molar-refractivity contribution is 5.78. The van der Waals surface area contributed by atoms with E-state index in [4.69, 9.17) is 9.47 Å². The minimum absolute atomic E-state index is 0.0245. The normalized spacial score (nSPS) is 17.7. The number of benzene rings is 2. The minimum atomic E-state index is -0.307. The van der Waals surface area contributed by atoms with Crippen LogP contribution in [-0.4, -0.2) is 30.6 Å². The number of carbonyl (C=O) groups is 1. The molecule has 2 aromatic rings. The van der Waals surface area contributed by atoms with Crippen LogP contribution in [0.2, 0.25) is 0 Å². The number of para-hydroxylation sites is 1. The van der Waals surface area contributed by atoms with Crippen molar-refractivity contribution in [3.63, 3.8) is 0 Å². The molecular formula is C17H17NO3. The molecule has 0 aromatic heterocycles. The van der Waals surface area contributed by atoms with Crippen LogP contribution in [0.1, 0.15) is 11.8 Å². The van der Waals surface area contributed by atoms with Crippen molar-refractivity contribution in [2.45, 2.75) is 6.23 Å². The van der Waals surface area contributed by atoms with E-state index in [9.17, 15) is 4.79 Å². The summed E-state index contributed by atoms with van der Waals surface area (Å²) in [6.45, 7) is 1.17. The van der Waals surface area contributed by atoms with Crippen molar-refractivity contribution in [1.82, 2.24) is 4.90 Å². The van der Waals surface area contributed by atoms with Crippen LogP contribution >= 0.6 is 0 Å². The molecule has 0 spiro atoms. The smallest absolute Gasteiger partial charge is 0.262 e. The van der Waals surface area contributed by atoms with Crippen LogP contribution in [0.5, 0.6) is 5.75 Å². The maximum atomic E-state index is 12.3. The van der Waals surface area contributed by atoms with Gasteiger partial charge in [-0.2, -0.15) is 0 Å². The minimum Gasteiger partial charge on any atom is -0.484 e. The highest BCUT2D eigenvalue weighted by Crippen LogP contribution is 2.26. The maximum absolute atomic E-state index is 12.3. The Morgan fingerprint density at radius 2 is 1.76 bits per heavy atom. The summed E-state index contributed by atoms with van der Waals surface area (Å²) < 4.78 is 11.2. The predicted octanol–water partition coefficient (Wildman–Crippen LogP) is 2.62. The highest BCUT2D eigenvalue weighted by Gasteiger charge is 2.30. The summed E-state index contributed by atoms with van der Waals surface area (Å²) >= 11 is 0. The Hall–Kier alpha value is -2.33. The van der Waals surface area contributed by atoms with Crippen LogP contribution in [0, 0.1) is 0 Å². The van der Waals surface area contributed by atoms with Gasteiger partial charge in [0.05, 0.1) is 6.61 Å². The first-order valence-electron chi connectivity index (χ1n) is 6.98. The molecule has 0 bridgehead atoms. The van der Waals surface area contributed by atoms with Gasteiger partial charge < -0.3 is 14.4 Å².